The van der Waals surface area contributed by atoms with Crippen LogP contribution in [0.1, 0.15) is 44.6 Å². The van der Waals surface area contributed by atoms with Crippen molar-refractivity contribution in [3.05, 3.63) is 65.0 Å². The number of alkyl halides is 3. The molecule has 8 nitrogen and oxygen atoms in total. The molecule has 1 spiro atoms. The Morgan fingerprint density at radius 2 is 1.88 bits per heavy atom. The largest absolute Gasteiger partial charge is 0.573 e. The van der Waals surface area contributed by atoms with E-state index in [-0.39, 0.29) is 17.1 Å². The lowest BCUT2D eigenvalue weighted by atomic mass is 9.50. The van der Waals surface area contributed by atoms with Crippen LogP contribution in [0, 0.1) is 11.3 Å². The second-order valence-electron chi connectivity index (χ2n) is 12.5. The summed E-state index contributed by atoms with van der Waals surface area (Å²) in [5.41, 5.74) is 0.500. The number of likely N-dealkylation sites (tertiary alicyclic amines) is 1. The highest BCUT2D eigenvalue weighted by atomic mass is 19.4. The molecular weight excluding hydrogens is 553 g/mol. The normalized spacial score (nSPS) is 34.7. The Labute approximate surface area is 242 Å². The first kappa shape index (κ1) is 28.9. The van der Waals surface area contributed by atoms with Crippen LogP contribution in [0.3, 0.4) is 0 Å². The zero-order valence-corrected chi connectivity index (χ0v) is 24.1. The number of esters is 1. The Morgan fingerprint density at radius 1 is 1.14 bits per heavy atom. The molecular formula is C31H36F3N2O6+. The number of methoxy groups -OCH3 is 1. The Morgan fingerprint density at radius 3 is 2.55 bits per heavy atom. The van der Waals surface area contributed by atoms with Gasteiger partial charge >= 0.3 is 12.3 Å². The number of nitrogens with zero attached hydrogens (tertiary/aromatic N) is 1. The molecule has 2 saturated heterocycles. The number of amides is 1. The fourth-order valence-electron chi connectivity index (χ4n) is 8.28. The number of hydrogen-bond acceptors (Lipinski definition) is 6. The molecule has 6 atom stereocenters. The summed E-state index contributed by atoms with van der Waals surface area (Å²) in [6.45, 7) is 2.01. The summed E-state index contributed by atoms with van der Waals surface area (Å²) < 4.78 is 64.2. The molecule has 2 heterocycles. The van der Waals surface area contributed by atoms with Crippen LogP contribution >= 0.6 is 0 Å². The molecule has 2 aliphatic heterocycles. The van der Waals surface area contributed by atoms with Crippen LogP contribution in [0.25, 0.3) is 5.76 Å². The number of hydrogen-bond donors (Lipinski definition) is 1. The third-order valence-electron chi connectivity index (χ3n) is 10.0. The number of piperidine rings is 1. The number of rotatable bonds is 6. The van der Waals surface area contributed by atoms with E-state index in [4.69, 9.17) is 14.2 Å². The lowest BCUT2D eigenvalue weighted by molar-refractivity contribution is -0.928. The van der Waals surface area contributed by atoms with Gasteiger partial charge in [0.15, 0.2) is 11.5 Å². The SMILES string of the molecule is COC1(NC(=O)C(OC(F)(F)F)=C(OC(C)=O)c2ccccc2)C=CC2=C3C1O[C@H]1CCC[C@H]4[C@@H](C2)[N+](C)(C)CC[C@]314. The van der Waals surface area contributed by atoms with Crippen LogP contribution in [0.2, 0.25) is 0 Å². The molecule has 1 amide bonds. The lowest BCUT2D eigenvalue weighted by Crippen LogP contribution is -2.67. The first-order valence-corrected chi connectivity index (χ1v) is 14.3. The van der Waals surface area contributed by atoms with E-state index in [0.717, 1.165) is 61.2 Å². The summed E-state index contributed by atoms with van der Waals surface area (Å²) >= 11 is 0. The topological polar surface area (TPSA) is 83.1 Å². The monoisotopic (exact) mass is 589 g/mol. The summed E-state index contributed by atoms with van der Waals surface area (Å²) in [5.74, 6) is -3.64. The first-order valence-electron chi connectivity index (χ1n) is 14.3. The van der Waals surface area contributed by atoms with Gasteiger partial charge < -0.3 is 28.7 Å². The molecule has 3 fully saturated rings. The fourth-order valence-corrected chi connectivity index (χ4v) is 8.28. The quantitative estimate of drug-likeness (QED) is 0.172. The molecule has 2 unspecified atom stereocenters. The molecule has 42 heavy (non-hydrogen) atoms. The van der Waals surface area contributed by atoms with E-state index in [0.29, 0.717) is 12.0 Å². The van der Waals surface area contributed by atoms with Crippen LogP contribution in [0.15, 0.2) is 59.4 Å². The summed E-state index contributed by atoms with van der Waals surface area (Å²) in [7, 11) is 5.96. The zero-order chi connectivity index (χ0) is 30.1. The smallest absolute Gasteiger partial charge is 0.422 e. The van der Waals surface area contributed by atoms with Crippen molar-refractivity contribution < 1.29 is 46.2 Å². The molecule has 2 bridgehead atoms. The van der Waals surface area contributed by atoms with E-state index < -0.39 is 41.6 Å². The third-order valence-corrected chi connectivity index (χ3v) is 10.0. The number of ether oxygens (including phenoxy) is 4. The number of nitrogens with one attached hydrogen (secondary N) is 1. The van der Waals surface area contributed by atoms with Gasteiger partial charge in [-0.15, -0.1) is 13.2 Å². The average Bonchev–Trinajstić information content (AvgIpc) is 3.29. The van der Waals surface area contributed by atoms with Crippen LogP contribution in [0.5, 0.6) is 0 Å². The van der Waals surface area contributed by atoms with E-state index in [9.17, 15) is 22.8 Å². The molecule has 226 valence electrons. The number of carbonyl (C=O) groups excluding carboxylic acids is 2. The van der Waals surface area contributed by atoms with Gasteiger partial charge in [0.1, 0.15) is 6.10 Å². The molecule has 6 rings (SSSR count). The molecule has 1 aromatic carbocycles. The average molecular weight is 590 g/mol. The van der Waals surface area contributed by atoms with Gasteiger partial charge in [-0.1, -0.05) is 42.8 Å². The predicted octanol–water partition coefficient (Wildman–Crippen LogP) is 4.59. The Kier molecular flexibility index (Phi) is 6.86. The van der Waals surface area contributed by atoms with E-state index in [2.05, 4.69) is 24.1 Å². The number of halogens is 3. The molecule has 5 aliphatic rings. The van der Waals surface area contributed by atoms with E-state index in [1.165, 1.54) is 19.2 Å². The van der Waals surface area contributed by atoms with Crippen molar-refractivity contribution in [2.24, 2.45) is 11.3 Å². The van der Waals surface area contributed by atoms with Crippen LogP contribution in [0.4, 0.5) is 13.2 Å². The standard InChI is InChI=1S/C31H35F3N2O6/c1-18(37)40-25(19-9-6-5-7-10-19)26(42-31(32,33)34)28(38)35-30(39-4)14-13-20-17-22-21-11-8-12-23-29(21,15-16-36(22,2)3)24(20)27(30)41-23/h5-7,9-10,13-14,21-23,27H,8,11-12,15-17H2,1-4H3/p+1/t21-,22+,23-,27?,29+,30?/m0/s1. The Hall–Kier alpha value is -3.15. The maximum absolute atomic E-state index is 13.8. The molecule has 1 saturated carbocycles. The van der Waals surface area contributed by atoms with Gasteiger partial charge in [0, 0.05) is 43.8 Å². The summed E-state index contributed by atoms with van der Waals surface area (Å²) in [6, 6.07) is 7.99. The second kappa shape index (κ2) is 9.96. The van der Waals surface area contributed by atoms with E-state index >= 15 is 0 Å². The van der Waals surface area contributed by atoms with Gasteiger partial charge in [-0.3, -0.25) is 9.59 Å². The summed E-state index contributed by atoms with van der Waals surface area (Å²) in [5, 5.41) is 2.67. The zero-order valence-electron chi connectivity index (χ0n) is 24.1. The molecule has 1 N–H and O–H groups in total. The predicted molar refractivity (Wildman–Crippen MR) is 145 cm³/mol. The van der Waals surface area contributed by atoms with Gasteiger partial charge in [0.25, 0.3) is 5.91 Å². The minimum absolute atomic E-state index is 0.0591. The summed E-state index contributed by atoms with van der Waals surface area (Å²) in [6.07, 6.45) is 2.30. The van der Waals surface area contributed by atoms with Crippen molar-refractivity contribution in [1.29, 1.82) is 0 Å². The maximum Gasteiger partial charge on any atom is 0.573 e. The molecule has 3 aliphatic carbocycles. The lowest BCUT2D eigenvalue weighted by Gasteiger charge is -2.60. The number of allylic oxidation sites excluding steroid dienone is 1. The molecule has 11 heteroatoms. The molecule has 0 radical (unpaired) electrons. The van der Waals surface area contributed by atoms with Crippen molar-refractivity contribution in [3.63, 3.8) is 0 Å². The third kappa shape index (κ3) is 4.48. The maximum atomic E-state index is 13.8. The van der Waals surface area contributed by atoms with Crippen molar-refractivity contribution in [2.75, 3.05) is 27.7 Å². The van der Waals surface area contributed by atoms with Gasteiger partial charge in [0.2, 0.25) is 5.76 Å². The minimum atomic E-state index is -5.25. The first-order chi connectivity index (χ1) is 19.8. The van der Waals surface area contributed by atoms with Crippen molar-refractivity contribution in [3.8, 4) is 0 Å². The highest BCUT2D eigenvalue weighted by molar-refractivity contribution is 6.00. The van der Waals surface area contributed by atoms with Gasteiger partial charge in [-0.2, -0.15) is 0 Å². The van der Waals surface area contributed by atoms with E-state index in [1.807, 2.05) is 6.08 Å². The molecule has 1 aromatic rings. The fraction of sp³-hybridized carbons (Fsp3) is 0.548. The highest BCUT2D eigenvalue weighted by Gasteiger charge is 2.70. The van der Waals surface area contributed by atoms with Crippen LogP contribution in [-0.2, 0) is 28.5 Å². The van der Waals surface area contributed by atoms with Gasteiger partial charge in [-0.05, 0) is 30.1 Å². The second-order valence-corrected chi connectivity index (χ2v) is 12.5. The highest BCUT2D eigenvalue weighted by Crippen LogP contribution is 2.66. The van der Waals surface area contributed by atoms with E-state index in [1.54, 1.807) is 24.3 Å². The van der Waals surface area contributed by atoms with Crippen LogP contribution in [-0.4, -0.2) is 74.4 Å². The molecule has 0 aromatic heterocycles. The van der Waals surface area contributed by atoms with Crippen molar-refractivity contribution in [2.45, 2.75) is 69.4 Å². The Balaban J connectivity index is 1.42. The van der Waals surface area contributed by atoms with Crippen molar-refractivity contribution >= 4 is 17.6 Å². The minimum Gasteiger partial charge on any atom is -0.422 e. The number of benzene rings is 1. The summed E-state index contributed by atoms with van der Waals surface area (Å²) in [4.78, 5) is 25.8. The Bertz CT molecular complexity index is 1390. The number of carbonyl (C=O) groups is 2. The van der Waals surface area contributed by atoms with Crippen LogP contribution < -0.4 is 5.32 Å². The van der Waals surface area contributed by atoms with Gasteiger partial charge in [0.05, 0.1) is 32.8 Å². The van der Waals surface area contributed by atoms with Gasteiger partial charge in [-0.25, -0.2) is 0 Å². The van der Waals surface area contributed by atoms with Crippen molar-refractivity contribution in [1.82, 2.24) is 5.32 Å². The number of quaternary nitrogens is 1.